The summed E-state index contributed by atoms with van der Waals surface area (Å²) in [6.07, 6.45) is 1.94. The van der Waals surface area contributed by atoms with Gasteiger partial charge in [-0.3, -0.25) is 9.48 Å². The van der Waals surface area contributed by atoms with Gasteiger partial charge in [0, 0.05) is 41.3 Å². The van der Waals surface area contributed by atoms with Gasteiger partial charge >= 0.3 is 0 Å². The second-order valence-electron chi connectivity index (χ2n) is 6.08. The van der Waals surface area contributed by atoms with Crippen LogP contribution in [0.5, 0.6) is 5.75 Å². The number of carbonyl (C=O) groups is 1. The molecule has 0 N–H and O–H groups in total. The maximum Gasteiger partial charge on any atom is 0.152 e. The van der Waals surface area contributed by atoms with Gasteiger partial charge in [-0.25, -0.2) is 0 Å². The smallest absolute Gasteiger partial charge is 0.152 e. The number of ether oxygens (including phenoxy) is 1. The van der Waals surface area contributed by atoms with Gasteiger partial charge in [0.2, 0.25) is 0 Å². The highest BCUT2D eigenvalue weighted by atomic mass is 16.5. The number of hydrogen-bond donors (Lipinski definition) is 0. The molecule has 126 valence electrons. The Bertz CT molecular complexity index is 919. The molecule has 0 aliphatic heterocycles. The quantitative estimate of drug-likeness (QED) is 0.669. The molecule has 0 aliphatic carbocycles. The van der Waals surface area contributed by atoms with Crippen molar-refractivity contribution in [3.8, 4) is 17.0 Å². The van der Waals surface area contributed by atoms with E-state index in [9.17, 15) is 4.79 Å². The van der Waals surface area contributed by atoms with E-state index in [1.165, 1.54) is 0 Å². The van der Waals surface area contributed by atoms with Gasteiger partial charge in [0.1, 0.15) is 5.75 Å². The van der Waals surface area contributed by atoms with Crippen molar-refractivity contribution in [2.24, 2.45) is 7.05 Å². The maximum atomic E-state index is 12.0. The lowest BCUT2D eigenvalue weighted by atomic mass is 10.0. The van der Waals surface area contributed by atoms with Crippen LogP contribution in [0.2, 0.25) is 0 Å². The first-order chi connectivity index (χ1) is 11.5. The van der Waals surface area contributed by atoms with Gasteiger partial charge in [0.25, 0.3) is 0 Å². The number of aryl methyl sites for hydroxylation is 3. The summed E-state index contributed by atoms with van der Waals surface area (Å²) in [5.74, 6) is 0.755. The molecule has 5 nitrogen and oxygen atoms in total. The highest BCUT2D eigenvalue weighted by Crippen LogP contribution is 2.37. The van der Waals surface area contributed by atoms with Crippen LogP contribution in [0.25, 0.3) is 22.2 Å². The molecule has 24 heavy (non-hydrogen) atoms. The van der Waals surface area contributed by atoms with Crippen LogP contribution >= 0.6 is 0 Å². The molecule has 2 aromatic heterocycles. The third kappa shape index (κ3) is 2.31. The Kier molecular flexibility index (Phi) is 4.18. The van der Waals surface area contributed by atoms with Gasteiger partial charge in [-0.1, -0.05) is 6.92 Å². The highest BCUT2D eigenvalue weighted by molar-refractivity contribution is 6.06. The zero-order valence-corrected chi connectivity index (χ0v) is 14.9. The average Bonchev–Trinajstić information content (AvgIpc) is 3.00. The predicted molar refractivity (Wildman–Crippen MR) is 95.8 cm³/mol. The number of fused-ring (bicyclic) bond motifs is 1. The van der Waals surface area contributed by atoms with E-state index in [2.05, 4.69) is 16.6 Å². The van der Waals surface area contributed by atoms with Crippen molar-refractivity contribution in [1.82, 2.24) is 14.3 Å². The molecule has 0 amide bonds. The van der Waals surface area contributed by atoms with Crippen molar-refractivity contribution < 1.29 is 9.53 Å². The summed E-state index contributed by atoms with van der Waals surface area (Å²) in [4.78, 5) is 12.0. The lowest BCUT2D eigenvalue weighted by Gasteiger charge is -2.11. The number of aldehydes is 1. The van der Waals surface area contributed by atoms with E-state index in [0.717, 1.165) is 58.5 Å². The Hall–Kier alpha value is -2.56. The minimum Gasteiger partial charge on any atom is -0.497 e. The molecule has 2 heterocycles. The van der Waals surface area contributed by atoms with Crippen molar-refractivity contribution in [3.05, 3.63) is 35.2 Å². The molecular formula is C19H23N3O2. The first kappa shape index (κ1) is 16.3. The molecular weight excluding hydrogens is 302 g/mol. The topological polar surface area (TPSA) is 49.0 Å². The van der Waals surface area contributed by atoms with Gasteiger partial charge in [0.15, 0.2) is 6.29 Å². The first-order valence-electron chi connectivity index (χ1n) is 8.19. The monoisotopic (exact) mass is 325 g/mol. The third-order valence-electron chi connectivity index (χ3n) is 4.62. The molecule has 0 radical (unpaired) electrons. The molecule has 0 bridgehead atoms. The van der Waals surface area contributed by atoms with Crippen LogP contribution in [0, 0.1) is 13.8 Å². The van der Waals surface area contributed by atoms with Crippen molar-refractivity contribution >= 4 is 17.2 Å². The lowest BCUT2D eigenvalue weighted by molar-refractivity contribution is 0.112. The van der Waals surface area contributed by atoms with Crippen LogP contribution in [0.3, 0.4) is 0 Å². The summed E-state index contributed by atoms with van der Waals surface area (Å²) < 4.78 is 9.45. The van der Waals surface area contributed by atoms with E-state index in [0.29, 0.717) is 5.56 Å². The molecule has 0 spiro atoms. The highest BCUT2D eigenvalue weighted by Gasteiger charge is 2.23. The summed E-state index contributed by atoms with van der Waals surface area (Å²) in [5, 5.41) is 5.46. The second-order valence-corrected chi connectivity index (χ2v) is 6.08. The molecule has 0 unspecified atom stereocenters. The van der Waals surface area contributed by atoms with Crippen LogP contribution in [0.4, 0.5) is 0 Å². The van der Waals surface area contributed by atoms with Gasteiger partial charge < -0.3 is 9.30 Å². The fourth-order valence-electron chi connectivity index (χ4n) is 3.45. The summed E-state index contributed by atoms with van der Waals surface area (Å²) in [5.41, 5.74) is 5.75. The van der Waals surface area contributed by atoms with Gasteiger partial charge in [-0.2, -0.15) is 5.10 Å². The molecule has 0 aliphatic rings. The first-order valence-corrected chi connectivity index (χ1v) is 8.19. The van der Waals surface area contributed by atoms with Gasteiger partial charge in [0.05, 0.1) is 18.5 Å². The molecule has 0 saturated carbocycles. The fourth-order valence-corrected chi connectivity index (χ4v) is 3.45. The zero-order chi connectivity index (χ0) is 17.4. The van der Waals surface area contributed by atoms with Crippen LogP contribution in [-0.4, -0.2) is 27.7 Å². The van der Waals surface area contributed by atoms with Crippen molar-refractivity contribution in [2.45, 2.75) is 33.7 Å². The molecule has 5 heteroatoms. The van der Waals surface area contributed by atoms with Crippen molar-refractivity contribution in [2.75, 3.05) is 7.11 Å². The number of hydrogen-bond acceptors (Lipinski definition) is 3. The standard InChI is InChI=1S/C19H23N3O2/c1-6-9-22-17-8-7-14(24-5)10-15(17)16(11-23)19(22)18-12(2)20-21(4)13(18)3/h7-8,10-11H,6,9H2,1-5H3. The molecule has 0 saturated heterocycles. The fraction of sp³-hybridized carbons (Fsp3) is 0.368. The van der Waals surface area contributed by atoms with Crippen LogP contribution in [0.1, 0.15) is 35.1 Å². The van der Waals surface area contributed by atoms with E-state index < -0.39 is 0 Å². The maximum absolute atomic E-state index is 12.0. The largest absolute Gasteiger partial charge is 0.497 e. The Morgan fingerprint density at radius 3 is 2.58 bits per heavy atom. The minimum absolute atomic E-state index is 0.705. The Balaban J connectivity index is 2.45. The molecule has 0 atom stereocenters. The third-order valence-corrected chi connectivity index (χ3v) is 4.62. The van der Waals surface area contributed by atoms with Gasteiger partial charge in [-0.05, 0) is 38.5 Å². The van der Waals surface area contributed by atoms with Crippen molar-refractivity contribution in [3.63, 3.8) is 0 Å². The minimum atomic E-state index is 0.705. The van der Waals surface area contributed by atoms with E-state index in [1.807, 2.05) is 43.8 Å². The van der Waals surface area contributed by atoms with E-state index in [4.69, 9.17) is 4.74 Å². The van der Waals surface area contributed by atoms with E-state index >= 15 is 0 Å². The molecule has 0 fully saturated rings. The predicted octanol–water partition coefficient (Wildman–Crippen LogP) is 3.89. The second kappa shape index (κ2) is 6.15. The van der Waals surface area contributed by atoms with E-state index in [1.54, 1.807) is 7.11 Å². The number of benzene rings is 1. The number of rotatable bonds is 5. The number of aromatic nitrogens is 3. The van der Waals surface area contributed by atoms with Crippen molar-refractivity contribution in [1.29, 1.82) is 0 Å². The van der Waals surface area contributed by atoms with E-state index in [-0.39, 0.29) is 0 Å². The summed E-state index contributed by atoms with van der Waals surface area (Å²) >= 11 is 0. The van der Waals surface area contributed by atoms with Crippen LogP contribution < -0.4 is 4.74 Å². The average molecular weight is 325 g/mol. The summed E-state index contributed by atoms with van der Waals surface area (Å²) in [7, 11) is 3.57. The molecule has 3 aromatic rings. The molecule has 3 rings (SSSR count). The zero-order valence-electron chi connectivity index (χ0n) is 14.9. The Morgan fingerprint density at radius 2 is 2.04 bits per heavy atom. The number of nitrogens with zero attached hydrogens (tertiary/aromatic N) is 3. The van der Waals surface area contributed by atoms with Crippen LogP contribution in [-0.2, 0) is 13.6 Å². The summed E-state index contributed by atoms with van der Waals surface area (Å²) in [6, 6.07) is 5.91. The lowest BCUT2D eigenvalue weighted by Crippen LogP contribution is -2.02. The van der Waals surface area contributed by atoms with Gasteiger partial charge in [-0.15, -0.1) is 0 Å². The Morgan fingerprint density at radius 1 is 1.29 bits per heavy atom. The van der Waals surface area contributed by atoms with Crippen LogP contribution in [0.15, 0.2) is 18.2 Å². The number of methoxy groups -OCH3 is 1. The molecule has 1 aromatic carbocycles. The Labute approximate surface area is 141 Å². The number of carbonyl (C=O) groups excluding carboxylic acids is 1. The SMILES string of the molecule is CCCn1c(-c2c(C)nn(C)c2C)c(C=O)c2cc(OC)ccc21. The normalized spacial score (nSPS) is 11.2. The summed E-state index contributed by atoms with van der Waals surface area (Å²) in [6.45, 7) is 7.02.